The van der Waals surface area contributed by atoms with Gasteiger partial charge in [0.2, 0.25) is 9.84 Å². The number of benzene rings is 7. The first-order valence-corrected chi connectivity index (χ1v) is 20.4. The molecule has 0 bridgehead atoms. The molecule has 0 unspecified atom stereocenters. The van der Waals surface area contributed by atoms with E-state index in [2.05, 4.69) is 150 Å². The average Bonchev–Trinajstić information content (AvgIpc) is 3.26. The van der Waals surface area contributed by atoms with Crippen molar-refractivity contribution in [1.82, 2.24) is 4.98 Å². The number of fused-ring (bicyclic) bond motifs is 4. The summed E-state index contributed by atoms with van der Waals surface area (Å²) in [4.78, 5) is 10.8. The molecule has 8 aromatic rings. The van der Waals surface area contributed by atoms with Gasteiger partial charge in [-0.2, -0.15) is 0 Å². The number of anilines is 6. The first-order chi connectivity index (χ1) is 27.5. The number of aromatic nitrogens is 1. The van der Waals surface area contributed by atoms with E-state index in [1.807, 2.05) is 30.4 Å². The van der Waals surface area contributed by atoms with Crippen molar-refractivity contribution in [1.29, 1.82) is 0 Å². The van der Waals surface area contributed by atoms with Gasteiger partial charge in [0, 0.05) is 16.6 Å². The lowest BCUT2D eigenvalue weighted by atomic mass is 9.91. The fourth-order valence-electron chi connectivity index (χ4n) is 8.29. The maximum Gasteiger partial charge on any atom is 0.206 e. The zero-order chi connectivity index (χ0) is 37.8. The van der Waals surface area contributed by atoms with Crippen molar-refractivity contribution in [2.45, 2.75) is 24.7 Å². The minimum absolute atomic E-state index is 0.273. The molecule has 0 saturated heterocycles. The van der Waals surface area contributed by atoms with Crippen LogP contribution in [0.5, 0.6) is 0 Å². The second-order valence-corrected chi connectivity index (χ2v) is 16.3. The number of allylic oxidation sites excluding steroid dienone is 3. The molecular formula is C50H37N3O2S. The van der Waals surface area contributed by atoms with Gasteiger partial charge in [-0.05, 0) is 114 Å². The third-order valence-corrected chi connectivity index (χ3v) is 12.8. The quantitative estimate of drug-likeness (QED) is 0.170. The average molecular weight is 744 g/mol. The molecule has 1 aliphatic carbocycles. The Bertz CT molecular complexity index is 2950. The maximum absolute atomic E-state index is 13.6. The number of rotatable bonds is 6. The fraction of sp³-hybridized carbons (Fsp3) is 0.0600. The maximum atomic E-state index is 13.6. The summed E-state index contributed by atoms with van der Waals surface area (Å²) >= 11 is 0. The van der Waals surface area contributed by atoms with Gasteiger partial charge >= 0.3 is 0 Å². The molecular weight excluding hydrogens is 707 g/mol. The molecule has 0 fully saturated rings. The number of para-hydroxylation sites is 5. The SMILES string of the molecule is Cc1ccc(N2c3ccccc3N(c3ccccc3)c3ccccc32)c2nc(-c3ccc(S(=O)(=O)C4=CCCC=C4)cc3)cc(-c3cccc4ccccc34)c12. The second kappa shape index (κ2) is 13.5. The van der Waals surface area contributed by atoms with E-state index in [0.29, 0.717) is 4.91 Å². The number of sulfone groups is 1. The predicted octanol–water partition coefficient (Wildman–Crippen LogP) is 13.3. The summed E-state index contributed by atoms with van der Waals surface area (Å²) in [6, 6.07) is 56.3. The van der Waals surface area contributed by atoms with Crippen LogP contribution in [0.25, 0.3) is 44.1 Å². The van der Waals surface area contributed by atoms with E-state index < -0.39 is 9.84 Å². The van der Waals surface area contributed by atoms with Crippen molar-refractivity contribution in [2.24, 2.45) is 0 Å². The zero-order valence-electron chi connectivity index (χ0n) is 30.8. The van der Waals surface area contributed by atoms with Crippen molar-refractivity contribution in [3.63, 3.8) is 0 Å². The topological polar surface area (TPSA) is 53.5 Å². The Morgan fingerprint density at radius 1 is 0.571 bits per heavy atom. The Balaban J connectivity index is 1.23. The van der Waals surface area contributed by atoms with Gasteiger partial charge in [0.05, 0.1) is 49.4 Å². The van der Waals surface area contributed by atoms with Crippen molar-refractivity contribution >= 4 is 65.6 Å². The Labute approximate surface area is 327 Å². The van der Waals surface area contributed by atoms with Gasteiger partial charge in [0.1, 0.15) is 0 Å². The highest BCUT2D eigenvalue weighted by atomic mass is 32.2. The van der Waals surface area contributed by atoms with Gasteiger partial charge in [0.15, 0.2) is 0 Å². The molecule has 5 nitrogen and oxygen atoms in total. The Kier molecular flexibility index (Phi) is 8.15. The van der Waals surface area contributed by atoms with E-state index in [9.17, 15) is 8.42 Å². The molecule has 1 aliphatic heterocycles. The molecule has 0 radical (unpaired) electrons. The lowest BCUT2D eigenvalue weighted by molar-refractivity contribution is 0.602. The second-order valence-electron chi connectivity index (χ2n) is 14.3. The van der Waals surface area contributed by atoms with Crippen molar-refractivity contribution in [3.05, 3.63) is 192 Å². The van der Waals surface area contributed by atoms with Crippen LogP contribution in [0.1, 0.15) is 18.4 Å². The molecule has 0 atom stereocenters. The zero-order valence-corrected chi connectivity index (χ0v) is 31.6. The van der Waals surface area contributed by atoms with E-state index >= 15 is 0 Å². The molecule has 56 heavy (non-hydrogen) atoms. The molecule has 0 amide bonds. The molecule has 6 heteroatoms. The van der Waals surface area contributed by atoms with Crippen LogP contribution < -0.4 is 9.80 Å². The smallest absolute Gasteiger partial charge is 0.206 e. The summed E-state index contributed by atoms with van der Waals surface area (Å²) in [5.41, 5.74) is 12.0. The number of hydrogen-bond acceptors (Lipinski definition) is 5. The van der Waals surface area contributed by atoms with Gasteiger partial charge in [0.25, 0.3) is 0 Å². The largest absolute Gasteiger partial charge is 0.306 e. The summed E-state index contributed by atoms with van der Waals surface area (Å²) in [5, 5.41) is 3.38. The van der Waals surface area contributed by atoms with E-state index in [-0.39, 0.29) is 4.90 Å². The summed E-state index contributed by atoms with van der Waals surface area (Å²) < 4.78 is 27.2. The summed E-state index contributed by atoms with van der Waals surface area (Å²) in [5.74, 6) is 0. The molecule has 0 spiro atoms. The minimum atomic E-state index is -3.64. The van der Waals surface area contributed by atoms with E-state index in [1.165, 1.54) is 0 Å². The van der Waals surface area contributed by atoms with Crippen LogP contribution in [-0.2, 0) is 9.84 Å². The highest BCUT2D eigenvalue weighted by Gasteiger charge is 2.32. The highest BCUT2D eigenvalue weighted by Crippen LogP contribution is 2.55. The fourth-order valence-corrected chi connectivity index (χ4v) is 9.66. The van der Waals surface area contributed by atoms with Gasteiger partial charge in [-0.3, -0.25) is 0 Å². The van der Waals surface area contributed by atoms with Crippen LogP contribution in [0.2, 0.25) is 0 Å². The third kappa shape index (κ3) is 5.52. The van der Waals surface area contributed by atoms with Crippen LogP contribution in [0.3, 0.4) is 0 Å². The van der Waals surface area contributed by atoms with Gasteiger partial charge < -0.3 is 9.80 Å². The number of nitrogens with zero attached hydrogens (tertiary/aromatic N) is 3. The number of pyridine rings is 1. The van der Waals surface area contributed by atoms with E-state index in [1.54, 1.807) is 18.2 Å². The van der Waals surface area contributed by atoms with Crippen molar-refractivity contribution < 1.29 is 8.42 Å². The first kappa shape index (κ1) is 33.8. The summed E-state index contributed by atoms with van der Waals surface area (Å²) in [7, 11) is -3.64. The molecule has 0 N–H and O–H groups in total. The Morgan fingerprint density at radius 3 is 1.91 bits per heavy atom. The molecule has 270 valence electrons. The molecule has 1 aromatic heterocycles. The van der Waals surface area contributed by atoms with Crippen LogP contribution >= 0.6 is 0 Å². The van der Waals surface area contributed by atoms with Crippen molar-refractivity contribution in [2.75, 3.05) is 9.80 Å². The number of hydrogen-bond donors (Lipinski definition) is 0. The standard InChI is InChI=1S/C50H37N3O2S/c1-34-27-32-48(53-46-25-12-10-23-44(46)52(37-17-4-2-5-18-37)45-24-11-13-26-47(45)53)50-49(34)42(41-22-14-16-35-15-8-9-21-40(35)41)33-43(51-50)36-28-30-39(31-29-36)56(54,55)38-19-6-3-7-20-38/h2,4-6,8-33H,3,7H2,1H3. The van der Waals surface area contributed by atoms with Gasteiger partial charge in [-0.15, -0.1) is 0 Å². The van der Waals surface area contributed by atoms with Crippen LogP contribution in [0, 0.1) is 6.92 Å². The van der Waals surface area contributed by atoms with E-state index in [0.717, 1.165) is 96.6 Å². The van der Waals surface area contributed by atoms with Crippen LogP contribution in [0.4, 0.5) is 34.1 Å². The van der Waals surface area contributed by atoms with Gasteiger partial charge in [-0.25, -0.2) is 13.4 Å². The summed E-state index contributed by atoms with van der Waals surface area (Å²) in [6.07, 6.45) is 7.02. The third-order valence-electron chi connectivity index (χ3n) is 10.9. The highest BCUT2D eigenvalue weighted by molar-refractivity contribution is 7.95. The molecule has 2 heterocycles. The van der Waals surface area contributed by atoms with Gasteiger partial charge in [-0.1, -0.05) is 115 Å². The van der Waals surface area contributed by atoms with Crippen LogP contribution in [-0.4, -0.2) is 13.4 Å². The predicted molar refractivity (Wildman–Crippen MR) is 231 cm³/mol. The summed E-state index contributed by atoms with van der Waals surface area (Å²) in [6.45, 7) is 2.16. The normalized spacial score (nSPS) is 13.8. The molecule has 2 aliphatic rings. The molecule has 7 aromatic carbocycles. The Morgan fingerprint density at radius 2 is 1.21 bits per heavy atom. The van der Waals surface area contributed by atoms with Crippen molar-refractivity contribution in [3.8, 4) is 22.4 Å². The Hall–Kier alpha value is -6.76. The van der Waals surface area contributed by atoms with E-state index in [4.69, 9.17) is 4.98 Å². The monoisotopic (exact) mass is 743 g/mol. The lowest BCUT2D eigenvalue weighted by Gasteiger charge is -2.40. The lowest BCUT2D eigenvalue weighted by Crippen LogP contribution is -2.24. The molecule has 0 saturated carbocycles. The first-order valence-electron chi connectivity index (χ1n) is 19.0. The van der Waals surface area contributed by atoms with Crippen LogP contribution in [0.15, 0.2) is 192 Å². The number of aryl methyl sites for hydroxylation is 1. The minimum Gasteiger partial charge on any atom is -0.306 e. The molecule has 10 rings (SSSR count).